The predicted molar refractivity (Wildman–Crippen MR) is 60.5 cm³/mol. The SMILES string of the molecule is COc1ccc(/C=C/[N+](=O)[O-])cc1OCC(F)F. The number of nitro groups is 1. The van der Waals surface area contributed by atoms with Crippen molar-refractivity contribution >= 4 is 6.08 Å². The van der Waals surface area contributed by atoms with Crippen molar-refractivity contribution in [3.63, 3.8) is 0 Å². The van der Waals surface area contributed by atoms with Crippen LogP contribution in [0.15, 0.2) is 24.4 Å². The Morgan fingerprint density at radius 3 is 2.72 bits per heavy atom. The lowest BCUT2D eigenvalue weighted by Gasteiger charge is -2.10. The Kier molecular flexibility index (Phi) is 5.04. The second-order valence-electron chi connectivity index (χ2n) is 3.21. The molecule has 0 aliphatic rings. The van der Waals surface area contributed by atoms with Crippen LogP contribution in [0.2, 0.25) is 0 Å². The molecule has 1 rings (SSSR count). The number of nitrogens with zero attached hydrogens (tertiary/aromatic N) is 1. The Balaban J connectivity index is 2.90. The van der Waals surface area contributed by atoms with Gasteiger partial charge in [0.05, 0.1) is 12.0 Å². The maximum Gasteiger partial charge on any atom is 0.272 e. The lowest BCUT2D eigenvalue weighted by Crippen LogP contribution is -2.07. The zero-order valence-corrected chi connectivity index (χ0v) is 9.51. The molecule has 0 amide bonds. The van der Waals surface area contributed by atoms with E-state index in [1.165, 1.54) is 25.3 Å². The minimum absolute atomic E-state index is 0.114. The van der Waals surface area contributed by atoms with Gasteiger partial charge in [0.2, 0.25) is 6.20 Å². The van der Waals surface area contributed by atoms with Gasteiger partial charge >= 0.3 is 0 Å². The fourth-order valence-corrected chi connectivity index (χ4v) is 1.21. The molecule has 0 bridgehead atoms. The van der Waals surface area contributed by atoms with Gasteiger partial charge in [-0.2, -0.15) is 0 Å². The highest BCUT2D eigenvalue weighted by molar-refractivity contribution is 5.55. The number of hydrogen-bond acceptors (Lipinski definition) is 4. The summed E-state index contributed by atoms with van der Waals surface area (Å²) in [6.07, 6.45) is -0.624. The molecule has 0 saturated heterocycles. The topological polar surface area (TPSA) is 61.6 Å². The van der Waals surface area contributed by atoms with Gasteiger partial charge in [0.15, 0.2) is 11.5 Å². The summed E-state index contributed by atoms with van der Waals surface area (Å²) in [7, 11) is 1.37. The van der Waals surface area contributed by atoms with Crippen LogP contribution in [0.1, 0.15) is 5.56 Å². The molecule has 0 unspecified atom stereocenters. The second kappa shape index (κ2) is 6.53. The van der Waals surface area contributed by atoms with Crippen LogP contribution in [-0.2, 0) is 0 Å². The first kappa shape index (κ1) is 13.9. The van der Waals surface area contributed by atoms with Crippen LogP contribution in [-0.4, -0.2) is 25.1 Å². The number of alkyl halides is 2. The predicted octanol–water partition coefficient (Wildman–Crippen LogP) is 2.59. The van der Waals surface area contributed by atoms with Crippen molar-refractivity contribution in [3.05, 3.63) is 40.1 Å². The molecule has 0 spiro atoms. The van der Waals surface area contributed by atoms with Crippen molar-refractivity contribution in [1.29, 1.82) is 0 Å². The molecule has 1 aromatic rings. The van der Waals surface area contributed by atoms with Gasteiger partial charge in [0.25, 0.3) is 6.43 Å². The highest BCUT2D eigenvalue weighted by Gasteiger charge is 2.09. The van der Waals surface area contributed by atoms with Crippen molar-refractivity contribution in [2.75, 3.05) is 13.7 Å². The Bertz CT molecular complexity index is 449. The molecule has 0 aromatic heterocycles. The smallest absolute Gasteiger partial charge is 0.272 e. The van der Waals surface area contributed by atoms with E-state index in [0.717, 1.165) is 6.20 Å². The molecule has 0 heterocycles. The maximum atomic E-state index is 12.0. The van der Waals surface area contributed by atoms with Gasteiger partial charge in [-0.15, -0.1) is 0 Å². The summed E-state index contributed by atoms with van der Waals surface area (Å²) in [6.45, 7) is -0.765. The minimum Gasteiger partial charge on any atom is -0.493 e. The average molecular weight is 259 g/mol. The average Bonchev–Trinajstić information content (AvgIpc) is 2.33. The van der Waals surface area contributed by atoms with Crippen LogP contribution >= 0.6 is 0 Å². The Hall–Kier alpha value is -2.18. The van der Waals surface area contributed by atoms with Crippen LogP contribution in [0.25, 0.3) is 6.08 Å². The molecule has 5 nitrogen and oxygen atoms in total. The van der Waals surface area contributed by atoms with Crippen molar-refractivity contribution < 1.29 is 23.2 Å². The van der Waals surface area contributed by atoms with Crippen molar-refractivity contribution in [1.82, 2.24) is 0 Å². The molecule has 98 valence electrons. The highest BCUT2D eigenvalue weighted by atomic mass is 19.3. The van der Waals surface area contributed by atoms with Crippen LogP contribution in [0.4, 0.5) is 8.78 Å². The summed E-state index contributed by atoms with van der Waals surface area (Å²) in [4.78, 5) is 9.54. The summed E-state index contributed by atoms with van der Waals surface area (Å²) < 4.78 is 33.9. The summed E-state index contributed by atoms with van der Waals surface area (Å²) >= 11 is 0. The normalized spacial score (nSPS) is 10.9. The Morgan fingerprint density at radius 1 is 1.44 bits per heavy atom. The summed E-state index contributed by atoms with van der Waals surface area (Å²) in [5.74, 6) is 0.400. The third-order valence-electron chi connectivity index (χ3n) is 1.94. The van der Waals surface area contributed by atoms with E-state index in [-0.39, 0.29) is 11.5 Å². The molecule has 0 atom stereocenters. The van der Waals surface area contributed by atoms with Gasteiger partial charge < -0.3 is 9.47 Å². The number of benzene rings is 1. The van der Waals surface area contributed by atoms with E-state index in [9.17, 15) is 18.9 Å². The van der Waals surface area contributed by atoms with Gasteiger partial charge in [-0.3, -0.25) is 10.1 Å². The van der Waals surface area contributed by atoms with Gasteiger partial charge in [-0.25, -0.2) is 8.78 Å². The number of hydrogen-bond donors (Lipinski definition) is 0. The van der Waals surface area contributed by atoms with E-state index >= 15 is 0 Å². The third kappa shape index (κ3) is 4.36. The Morgan fingerprint density at radius 2 is 2.17 bits per heavy atom. The van der Waals surface area contributed by atoms with E-state index in [0.29, 0.717) is 5.56 Å². The molecule has 0 aliphatic heterocycles. The van der Waals surface area contributed by atoms with Gasteiger partial charge in [-0.05, 0) is 17.7 Å². The standard InChI is InChI=1S/C11H11F2NO4/c1-17-9-3-2-8(4-5-14(15)16)6-10(9)18-7-11(12)13/h2-6,11H,7H2,1H3/b5-4+. The second-order valence-corrected chi connectivity index (χ2v) is 3.21. The van der Waals surface area contributed by atoms with Gasteiger partial charge in [0.1, 0.15) is 6.61 Å². The van der Waals surface area contributed by atoms with Crippen LogP contribution < -0.4 is 9.47 Å². The quantitative estimate of drug-likeness (QED) is 0.582. The highest BCUT2D eigenvalue weighted by Crippen LogP contribution is 2.28. The fraction of sp³-hybridized carbons (Fsp3) is 0.273. The summed E-state index contributed by atoms with van der Waals surface area (Å²) in [5.41, 5.74) is 0.455. The Labute approximate surface area is 102 Å². The zero-order chi connectivity index (χ0) is 13.5. The van der Waals surface area contributed by atoms with Crippen LogP contribution in [0, 0.1) is 10.1 Å². The number of rotatable bonds is 6. The van der Waals surface area contributed by atoms with E-state index < -0.39 is 18.0 Å². The number of methoxy groups -OCH3 is 1. The summed E-state index contributed by atoms with van der Waals surface area (Å²) in [5, 5.41) is 10.2. The zero-order valence-electron chi connectivity index (χ0n) is 9.51. The molecule has 0 fully saturated rings. The lowest BCUT2D eigenvalue weighted by molar-refractivity contribution is -0.400. The lowest BCUT2D eigenvalue weighted by atomic mass is 10.2. The first-order valence-corrected chi connectivity index (χ1v) is 4.93. The molecular weight excluding hydrogens is 248 g/mol. The molecule has 1 aromatic carbocycles. The van der Waals surface area contributed by atoms with Crippen molar-refractivity contribution in [2.24, 2.45) is 0 Å². The summed E-state index contributed by atoms with van der Waals surface area (Å²) in [6, 6.07) is 4.43. The first-order valence-electron chi connectivity index (χ1n) is 4.93. The number of halogens is 2. The van der Waals surface area contributed by atoms with Gasteiger partial charge in [0, 0.05) is 6.08 Å². The van der Waals surface area contributed by atoms with E-state index in [2.05, 4.69) is 0 Å². The van der Waals surface area contributed by atoms with E-state index in [1.54, 1.807) is 6.07 Å². The number of ether oxygens (including phenoxy) is 2. The molecule has 0 radical (unpaired) electrons. The van der Waals surface area contributed by atoms with E-state index in [4.69, 9.17) is 9.47 Å². The molecule has 18 heavy (non-hydrogen) atoms. The fourth-order valence-electron chi connectivity index (χ4n) is 1.21. The van der Waals surface area contributed by atoms with E-state index in [1.807, 2.05) is 0 Å². The van der Waals surface area contributed by atoms with Crippen LogP contribution in [0.3, 0.4) is 0 Å². The molecular formula is C11H11F2NO4. The van der Waals surface area contributed by atoms with Gasteiger partial charge in [-0.1, -0.05) is 6.07 Å². The molecule has 0 N–H and O–H groups in total. The first-order chi connectivity index (χ1) is 8.52. The molecule has 7 heteroatoms. The van der Waals surface area contributed by atoms with Crippen LogP contribution in [0.5, 0.6) is 11.5 Å². The monoisotopic (exact) mass is 259 g/mol. The largest absolute Gasteiger partial charge is 0.493 e. The van der Waals surface area contributed by atoms with Crippen molar-refractivity contribution in [2.45, 2.75) is 6.43 Å². The molecule has 0 saturated carbocycles. The maximum absolute atomic E-state index is 12.0. The minimum atomic E-state index is -2.60. The molecule has 0 aliphatic carbocycles. The van der Waals surface area contributed by atoms with Crippen molar-refractivity contribution in [3.8, 4) is 11.5 Å². The third-order valence-corrected chi connectivity index (χ3v) is 1.94.